The second-order valence-electron chi connectivity index (χ2n) is 6.29. The van der Waals surface area contributed by atoms with Crippen molar-refractivity contribution in [2.45, 2.75) is 52.9 Å². The molecule has 0 spiro atoms. The minimum Gasteiger partial charge on any atom is -0.380 e. The SMILES string of the molecule is CC(C)(C)CCNCCOCC1CCCC1. The van der Waals surface area contributed by atoms with E-state index in [0.29, 0.717) is 5.41 Å². The predicted molar refractivity (Wildman–Crippen MR) is 69.7 cm³/mol. The molecular formula is C14H29NO. The van der Waals surface area contributed by atoms with Crippen LogP contribution < -0.4 is 5.32 Å². The Kier molecular flexibility index (Phi) is 6.37. The molecule has 1 rings (SSSR count). The molecule has 0 aromatic heterocycles. The number of ether oxygens (including phenoxy) is 1. The van der Waals surface area contributed by atoms with Gasteiger partial charge < -0.3 is 10.1 Å². The van der Waals surface area contributed by atoms with Crippen molar-refractivity contribution in [3.8, 4) is 0 Å². The fourth-order valence-electron chi connectivity index (χ4n) is 2.16. The summed E-state index contributed by atoms with van der Waals surface area (Å²) in [5.74, 6) is 0.856. The molecule has 0 saturated heterocycles. The Hall–Kier alpha value is -0.0800. The Bertz CT molecular complexity index is 168. The van der Waals surface area contributed by atoms with Crippen LogP contribution in [0.5, 0.6) is 0 Å². The zero-order valence-corrected chi connectivity index (χ0v) is 11.3. The summed E-state index contributed by atoms with van der Waals surface area (Å²) in [7, 11) is 0. The normalized spacial score (nSPS) is 18.2. The van der Waals surface area contributed by atoms with Gasteiger partial charge in [-0.1, -0.05) is 33.6 Å². The molecule has 1 N–H and O–H groups in total. The van der Waals surface area contributed by atoms with E-state index in [1.165, 1.54) is 32.1 Å². The monoisotopic (exact) mass is 227 g/mol. The zero-order chi connectivity index (χ0) is 11.9. The lowest BCUT2D eigenvalue weighted by molar-refractivity contribution is 0.103. The highest BCUT2D eigenvalue weighted by molar-refractivity contribution is 4.66. The number of hydrogen-bond acceptors (Lipinski definition) is 2. The summed E-state index contributed by atoms with van der Waals surface area (Å²) >= 11 is 0. The van der Waals surface area contributed by atoms with Crippen molar-refractivity contribution in [3.05, 3.63) is 0 Å². The quantitative estimate of drug-likeness (QED) is 0.674. The Morgan fingerprint density at radius 3 is 2.44 bits per heavy atom. The van der Waals surface area contributed by atoms with Crippen molar-refractivity contribution >= 4 is 0 Å². The summed E-state index contributed by atoms with van der Waals surface area (Å²) in [4.78, 5) is 0. The van der Waals surface area contributed by atoms with Crippen LogP contribution in [0.1, 0.15) is 52.9 Å². The summed E-state index contributed by atoms with van der Waals surface area (Å²) in [6.45, 7) is 10.8. The van der Waals surface area contributed by atoms with Crippen molar-refractivity contribution in [1.82, 2.24) is 5.32 Å². The second-order valence-corrected chi connectivity index (χ2v) is 6.29. The average molecular weight is 227 g/mol. The fourth-order valence-corrected chi connectivity index (χ4v) is 2.16. The summed E-state index contributed by atoms with van der Waals surface area (Å²) < 4.78 is 5.69. The van der Waals surface area contributed by atoms with Gasteiger partial charge in [0.1, 0.15) is 0 Å². The smallest absolute Gasteiger partial charge is 0.0591 e. The van der Waals surface area contributed by atoms with Crippen molar-refractivity contribution in [2.24, 2.45) is 11.3 Å². The third kappa shape index (κ3) is 7.24. The van der Waals surface area contributed by atoms with Gasteiger partial charge in [-0.15, -0.1) is 0 Å². The van der Waals surface area contributed by atoms with Gasteiger partial charge in [-0.25, -0.2) is 0 Å². The Morgan fingerprint density at radius 1 is 1.12 bits per heavy atom. The molecule has 0 aliphatic heterocycles. The van der Waals surface area contributed by atoms with Crippen LogP contribution in [0.15, 0.2) is 0 Å². The number of hydrogen-bond donors (Lipinski definition) is 1. The maximum absolute atomic E-state index is 5.69. The van der Waals surface area contributed by atoms with Gasteiger partial charge in [-0.05, 0) is 37.1 Å². The van der Waals surface area contributed by atoms with E-state index < -0.39 is 0 Å². The van der Waals surface area contributed by atoms with Crippen molar-refractivity contribution < 1.29 is 4.74 Å². The topological polar surface area (TPSA) is 21.3 Å². The predicted octanol–water partition coefficient (Wildman–Crippen LogP) is 3.22. The second kappa shape index (κ2) is 7.29. The summed E-state index contributed by atoms with van der Waals surface area (Å²) in [6, 6.07) is 0. The fraction of sp³-hybridized carbons (Fsp3) is 1.00. The molecule has 0 aromatic carbocycles. The van der Waals surface area contributed by atoms with E-state index in [1.54, 1.807) is 0 Å². The highest BCUT2D eigenvalue weighted by Crippen LogP contribution is 2.24. The molecule has 2 nitrogen and oxygen atoms in total. The van der Waals surface area contributed by atoms with Gasteiger partial charge in [0.25, 0.3) is 0 Å². The van der Waals surface area contributed by atoms with E-state index in [4.69, 9.17) is 4.74 Å². The molecule has 0 aromatic rings. The molecule has 1 aliphatic rings. The standard InChI is InChI=1S/C14H29NO/c1-14(2,3)8-9-15-10-11-16-12-13-6-4-5-7-13/h13,15H,4-12H2,1-3H3. The maximum atomic E-state index is 5.69. The van der Waals surface area contributed by atoms with Crippen LogP contribution in [0.2, 0.25) is 0 Å². The Balaban J connectivity index is 1.81. The van der Waals surface area contributed by atoms with E-state index in [-0.39, 0.29) is 0 Å². The number of rotatable bonds is 7. The van der Waals surface area contributed by atoms with Gasteiger partial charge in [0.2, 0.25) is 0 Å². The van der Waals surface area contributed by atoms with Crippen LogP contribution in [-0.2, 0) is 4.74 Å². The lowest BCUT2D eigenvalue weighted by Gasteiger charge is -2.18. The molecule has 0 radical (unpaired) electrons. The molecule has 96 valence electrons. The van der Waals surface area contributed by atoms with Crippen molar-refractivity contribution in [3.63, 3.8) is 0 Å². The molecule has 0 unspecified atom stereocenters. The lowest BCUT2D eigenvalue weighted by Crippen LogP contribution is -2.24. The summed E-state index contributed by atoms with van der Waals surface area (Å²) in [5, 5.41) is 3.44. The minimum atomic E-state index is 0.442. The summed E-state index contributed by atoms with van der Waals surface area (Å²) in [5.41, 5.74) is 0.442. The molecule has 0 bridgehead atoms. The third-order valence-electron chi connectivity index (χ3n) is 3.30. The van der Waals surface area contributed by atoms with E-state index in [2.05, 4.69) is 26.1 Å². The molecule has 0 amide bonds. The zero-order valence-electron chi connectivity index (χ0n) is 11.3. The van der Waals surface area contributed by atoms with Gasteiger partial charge in [0.05, 0.1) is 6.61 Å². The van der Waals surface area contributed by atoms with E-state index in [1.807, 2.05) is 0 Å². The van der Waals surface area contributed by atoms with Gasteiger partial charge in [-0.3, -0.25) is 0 Å². The van der Waals surface area contributed by atoms with Crippen LogP contribution in [0.3, 0.4) is 0 Å². The van der Waals surface area contributed by atoms with E-state index in [0.717, 1.165) is 32.2 Å². The first-order valence-electron chi connectivity index (χ1n) is 6.86. The van der Waals surface area contributed by atoms with Crippen molar-refractivity contribution in [1.29, 1.82) is 0 Å². The van der Waals surface area contributed by atoms with Crippen LogP contribution in [0, 0.1) is 11.3 Å². The molecule has 1 saturated carbocycles. The first-order valence-corrected chi connectivity index (χ1v) is 6.86. The lowest BCUT2D eigenvalue weighted by atomic mass is 9.92. The Labute approximate surface area is 101 Å². The maximum Gasteiger partial charge on any atom is 0.0591 e. The van der Waals surface area contributed by atoms with E-state index >= 15 is 0 Å². The first kappa shape index (κ1) is 14.0. The van der Waals surface area contributed by atoms with Crippen molar-refractivity contribution in [2.75, 3.05) is 26.3 Å². The van der Waals surface area contributed by atoms with Crippen LogP contribution in [-0.4, -0.2) is 26.3 Å². The van der Waals surface area contributed by atoms with Crippen LogP contribution in [0.4, 0.5) is 0 Å². The Morgan fingerprint density at radius 2 is 1.81 bits per heavy atom. The third-order valence-corrected chi connectivity index (χ3v) is 3.30. The van der Waals surface area contributed by atoms with Crippen LogP contribution in [0.25, 0.3) is 0 Å². The van der Waals surface area contributed by atoms with Crippen LogP contribution >= 0.6 is 0 Å². The molecule has 2 heteroatoms. The average Bonchev–Trinajstić information content (AvgIpc) is 2.67. The number of nitrogens with one attached hydrogen (secondary N) is 1. The molecule has 1 fully saturated rings. The largest absolute Gasteiger partial charge is 0.380 e. The minimum absolute atomic E-state index is 0.442. The van der Waals surface area contributed by atoms with Gasteiger partial charge in [-0.2, -0.15) is 0 Å². The first-order chi connectivity index (χ1) is 7.58. The highest BCUT2D eigenvalue weighted by atomic mass is 16.5. The van der Waals surface area contributed by atoms with E-state index in [9.17, 15) is 0 Å². The molecular weight excluding hydrogens is 198 g/mol. The summed E-state index contributed by atoms with van der Waals surface area (Å²) in [6.07, 6.45) is 6.83. The molecule has 0 atom stereocenters. The van der Waals surface area contributed by atoms with Gasteiger partial charge in [0, 0.05) is 13.2 Å². The molecule has 0 heterocycles. The highest BCUT2D eigenvalue weighted by Gasteiger charge is 2.14. The van der Waals surface area contributed by atoms with Gasteiger partial charge in [0.15, 0.2) is 0 Å². The molecule has 1 aliphatic carbocycles. The molecule has 16 heavy (non-hydrogen) atoms. The van der Waals surface area contributed by atoms with Gasteiger partial charge >= 0.3 is 0 Å².